The van der Waals surface area contributed by atoms with Crippen LogP contribution in [-0.2, 0) is 22.5 Å². The van der Waals surface area contributed by atoms with Crippen molar-refractivity contribution in [2.24, 2.45) is 5.92 Å². The Kier molecular flexibility index (Phi) is 6.48. The fourth-order valence-electron chi connectivity index (χ4n) is 4.32. The molecule has 2 atom stereocenters. The summed E-state index contributed by atoms with van der Waals surface area (Å²) in [7, 11) is 0. The van der Waals surface area contributed by atoms with E-state index in [4.69, 9.17) is 9.15 Å². The molecule has 2 heterocycles. The van der Waals surface area contributed by atoms with Gasteiger partial charge in [0.25, 0.3) is 5.91 Å². The number of carbonyl (C=O) groups excluding carboxylic acids is 1. The van der Waals surface area contributed by atoms with E-state index in [9.17, 15) is 14.9 Å². The van der Waals surface area contributed by atoms with Crippen molar-refractivity contribution in [1.82, 2.24) is 15.2 Å². The van der Waals surface area contributed by atoms with E-state index in [1.165, 1.54) is 0 Å². The first-order valence-electron chi connectivity index (χ1n) is 11.9. The van der Waals surface area contributed by atoms with Crippen LogP contribution in [0.4, 0.5) is 0 Å². The Morgan fingerprint density at radius 2 is 2.00 bits per heavy atom. The quantitative estimate of drug-likeness (QED) is 0.561. The van der Waals surface area contributed by atoms with Crippen LogP contribution in [0.25, 0.3) is 22.2 Å². The zero-order chi connectivity index (χ0) is 23.5. The smallest absolute Gasteiger partial charge is 0.408 e. The van der Waals surface area contributed by atoms with Crippen LogP contribution in [0.1, 0.15) is 24.8 Å². The first kappa shape index (κ1) is 22.4. The summed E-state index contributed by atoms with van der Waals surface area (Å²) in [5.74, 6) is 0.00708. The largest absolute Gasteiger partial charge is 0.419 e. The maximum atomic E-state index is 12.5. The number of oxazole rings is 1. The van der Waals surface area contributed by atoms with Gasteiger partial charge in [-0.05, 0) is 60.5 Å². The lowest BCUT2D eigenvalue weighted by Crippen LogP contribution is -2.46. The van der Waals surface area contributed by atoms with Crippen LogP contribution in [-0.4, -0.2) is 42.3 Å². The summed E-state index contributed by atoms with van der Waals surface area (Å²) < 4.78 is 12.7. The highest BCUT2D eigenvalue weighted by atomic mass is 16.5. The number of ether oxygens (including phenoxy) is 1. The SMILES string of the molecule is N#C[C@H](Cc1ccc(-c2ccc3oc(=O)n(CC4CC4)c3c2)cc1)NC(=O)[C@@H]1CNCCCO1. The molecule has 5 rings (SSSR count). The van der Waals surface area contributed by atoms with Gasteiger partial charge in [0.1, 0.15) is 12.1 Å². The molecule has 0 spiro atoms. The molecule has 0 bridgehead atoms. The molecule has 8 nitrogen and oxygen atoms in total. The van der Waals surface area contributed by atoms with Gasteiger partial charge < -0.3 is 19.8 Å². The molecule has 1 aliphatic carbocycles. The highest BCUT2D eigenvalue weighted by Gasteiger charge is 2.25. The van der Waals surface area contributed by atoms with Gasteiger partial charge in [0.15, 0.2) is 5.58 Å². The minimum absolute atomic E-state index is 0.261. The van der Waals surface area contributed by atoms with Gasteiger partial charge in [-0.1, -0.05) is 30.3 Å². The molecule has 2 aliphatic rings. The zero-order valence-electron chi connectivity index (χ0n) is 19.0. The monoisotopic (exact) mass is 460 g/mol. The molecule has 1 saturated carbocycles. The molecular weight excluding hydrogens is 432 g/mol. The van der Waals surface area contributed by atoms with E-state index in [2.05, 4.69) is 16.7 Å². The molecule has 8 heteroatoms. The molecule has 2 aromatic carbocycles. The predicted octanol–water partition coefficient (Wildman–Crippen LogP) is 2.60. The highest BCUT2D eigenvalue weighted by Crippen LogP contribution is 2.32. The Morgan fingerprint density at radius 3 is 2.76 bits per heavy atom. The number of hydrogen-bond acceptors (Lipinski definition) is 6. The molecule has 34 heavy (non-hydrogen) atoms. The van der Waals surface area contributed by atoms with Gasteiger partial charge in [-0.15, -0.1) is 0 Å². The van der Waals surface area contributed by atoms with Gasteiger partial charge in [0.2, 0.25) is 0 Å². The summed E-state index contributed by atoms with van der Waals surface area (Å²) in [4.78, 5) is 24.7. The molecule has 1 aliphatic heterocycles. The van der Waals surface area contributed by atoms with E-state index < -0.39 is 12.1 Å². The summed E-state index contributed by atoms with van der Waals surface area (Å²) in [6, 6.07) is 15.2. The number of nitrogens with zero attached hydrogens (tertiary/aromatic N) is 2. The predicted molar refractivity (Wildman–Crippen MR) is 127 cm³/mol. The first-order valence-corrected chi connectivity index (χ1v) is 11.9. The summed E-state index contributed by atoms with van der Waals surface area (Å²) in [6.07, 6.45) is 3.02. The Balaban J connectivity index is 1.27. The second-order valence-corrected chi connectivity index (χ2v) is 9.11. The Labute approximate surface area is 197 Å². The number of benzene rings is 2. The number of hydrogen-bond donors (Lipinski definition) is 2. The number of carbonyl (C=O) groups is 1. The lowest BCUT2D eigenvalue weighted by molar-refractivity contribution is -0.132. The third-order valence-corrected chi connectivity index (χ3v) is 6.44. The van der Waals surface area contributed by atoms with E-state index in [1.807, 2.05) is 42.5 Å². The van der Waals surface area contributed by atoms with E-state index in [-0.39, 0.29) is 11.7 Å². The lowest BCUT2D eigenvalue weighted by atomic mass is 10.0. The van der Waals surface area contributed by atoms with Gasteiger partial charge in [-0.3, -0.25) is 9.36 Å². The van der Waals surface area contributed by atoms with E-state index in [1.54, 1.807) is 4.57 Å². The summed E-state index contributed by atoms with van der Waals surface area (Å²) in [5, 5.41) is 15.5. The fraction of sp³-hybridized carbons (Fsp3) is 0.423. The first-order chi connectivity index (χ1) is 16.6. The minimum Gasteiger partial charge on any atom is -0.408 e. The van der Waals surface area contributed by atoms with Crippen LogP contribution < -0.4 is 16.4 Å². The third kappa shape index (κ3) is 5.06. The Morgan fingerprint density at radius 1 is 1.21 bits per heavy atom. The van der Waals surface area contributed by atoms with Crippen molar-refractivity contribution in [2.75, 3.05) is 19.7 Å². The molecule has 1 saturated heterocycles. The average molecular weight is 461 g/mol. The second kappa shape index (κ2) is 9.84. The summed E-state index contributed by atoms with van der Waals surface area (Å²) in [6.45, 7) is 2.51. The number of amides is 1. The molecule has 3 aromatic rings. The maximum absolute atomic E-state index is 12.5. The van der Waals surface area contributed by atoms with E-state index in [0.717, 1.165) is 48.0 Å². The van der Waals surface area contributed by atoms with Crippen LogP contribution in [0.15, 0.2) is 51.7 Å². The Hall–Kier alpha value is -3.41. The number of nitriles is 1. The van der Waals surface area contributed by atoms with Crippen LogP contribution in [0, 0.1) is 17.2 Å². The normalized spacial score (nSPS) is 19.3. The van der Waals surface area contributed by atoms with Crippen molar-refractivity contribution in [3.8, 4) is 17.2 Å². The standard InChI is InChI=1S/C26H28N4O4/c27-14-21(29-25(31)24-15-28-10-1-11-33-24)12-17-4-6-19(7-5-17)20-8-9-23-22(13-20)30(26(32)34-23)16-18-2-3-18/h4-9,13,18,21,24,28H,1-3,10-12,15-16H2,(H,29,31)/t21-,24-/m0/s1. The third-order valence-electron chi connectivity index (χ3n) is 6.44. The van der Waals surface area contributed by atoms with Gasteiger partial charge >= 0.3 is 5.76 Å². The molecule has 1 amide bonds. The number of fused-ring (bicyclic) bond motifs is 1. The zero-order valence-corrected chi connectivity index (χ0v) is 19.0. The van der Waals surface area contributed by atoms with Gasteiger partial charge in [0, 0.05) is 26.1 Å². The van der Waals surface area contributed by atoms with Crippen LogP contribution >= 0.6 is 0 Å². The highest BCUT2D eigenvalue weighted by molar-refractivity contribution is 5.82. The van der Waals surface area contributed by atoms with Crippen molar-refractivity contribution in [2.45, 2.75) is 44.4 Å². The second-order valence-electron chi connectivity index (χ2n) is 9.11. The van der Waals surface area contributed by atoms with E-state index in [0.29, 0.717) is 37.6 Å². The topological polar surface area (TPSA) is 109 Å². The molecule has 0 unspecified atom stereocenters. The summed E-state index contributed by atoms with van der Waals surface area (Å²) in [5.41, 5.74) is 4.37. The minimum atomic E-state index is -0.635. The Bertz CT molecular complexity index is 1260. The van der Waals surface area contributed by atoms with Crippen molar-refractivity contribution in [1.29, 1.82) is 5.26 Å². The molecular formula is C26H28N4O4. The number of nitrogens with one attached hydrogen (secondary N) is 2. The van der Waals surface area contributed by atoms with Crippen LogP contribution in [0.5, 0.6) is 0 Å². The molecule has 1 aromatic heterocycles. The van der Waals surface area contributed by atoms with Gasteiger partial charge in [-0.2, -0.15) is 5.26 Å². The molecule has 0 radical (unpaired) electrons. The van der Waals surface area contributed by atoms with Gasteiger partial charge in [-0.25, -0.2) is 4.79 Å². The maximum Gasteiger partial charge on any atom is 0.419 e. The van der Waals surface area contributed by atoms with Crippen LogP contribution in [0.3, 0.4) is 0 Å². The summed E-state index contributed by atoms with van der Waals surface area (Å²) >= 11 is 0. The molecule has 2 fully saturated rings. The molecule has 176 valence electrons. The number of aromatic nitrogens is 1. The fourth-order valence-corrected chi connectivity index (χ4v) is 4.32. The van der Waals surface area contributed by atoms with Crippen molar-refractivity contribution in [3.63, 3.8) is 0 Å². The van der Waals surface area contributed by atoms with E-state index >= 15 is 0 Å². The van der Waals surface area contributed by atoms with Crippen LogP contribution in [0.2, 0.25) is 0 Å². The van der Waals surface area contributed by atoms with Crippen molar-refractivity contribution < 1.29 is 13.9 Å². The lowest BCUT2D eigenvalue weighted by Gasteiger charge is -2.18. The number of rotatable bonds is 7. The average Bonchev–Trinajstić information content (AvgIpc) is 3.66. The van der Waals surface area contributed by atoms with Crippen molar-refractivity contribution in [3.05, 3.63) is 58.6 Å². The van der Waals surface area contributed by atoms with Crippen molar-refractivity contribution >= 4 is 17.0 Å². The molecule has 2 N–H and O–H groups in total. The van der Waals surface area contributed by atoms with Gasteiger partial charge in [0.05, 0.1) is 11.6 Å².